The van der Waals surface area contributed by atoms with Crippen LogP contribution in [-0.2, 0) is 12.7 Å². The molecule has 3 aromatic heterocycles. The van der Waals surface area contributed by atoms with Gasteiger partial charge in [-0.15, -0.1) is 0 Å². The van der Waals surface area contributed by atoms with Crippen molar-refractivity contribution in [1.82, 2.24) is 24.5 Å². The summed E-state index contributed by atoms with van der Waals surface area (Å²) in [5.74, 6) is 5.27. The number of nitrogens with one attached hydrogen (secondary N) is 1. The quantitative estimate of drug-likeness (QED) is 0.399. The molecule has 0 radical (unpaired) electrons. The Balaban J connectivity index is 1.33. The number of hydrogen-bond donors (Lipinski definition) is 2. The van der Waals surface area contributed by atoms with Crippen molar-refractivity contribution < 1.29 is 18.0 Å². The number of pyridine rings is 1. The number of nitrogens with zero attached hydrogens (tertiary/aromatic N) is 5. The molecule has 11 heteroatoms. The molecule has 8 nitrogen and oxygen atoms in total. The molecule has 5 rings (SSSR count). The number of likely N-dealkylation sites (tertiary alicyclic amines) is 1. The molecule has 0 spiro atoms. The molecule has 3 N–H and O–H groups in total. The molecule has 1 aliphatic rings. The Morgan fingerprint density at radius 1 is 1.16 bits per heavy atom. The summed E-state index contributed by atoms with van der Waals surface area (Å²) in [7, 11) is 0. The molecule has 4 heterocycles. The fraction of sp³-hybridized carbons (Fsp3) is 0.259. The Hall–Kier alpha value is -4.27. The number of aromatic nitrogens is 4. The van der Waals surface area contributed by atoms with Gasteiger partial charge in [-0.3, -0.25) is 14.7 Å². The number of hydrogen-bond acceptors (Lipinski definition) is 6. The molecule has 0 unspecified atom stereocenters. The second-order valence-electron chi connectivity index (χ2n) is 9.11. The van der Waals surface area contributed by atoms with Crippen LogP contribution < -0.4 is 11.1 Å². The standard InChI is InChI=1S/C27H24F3N7O/c28-27(29,30)24-12-22(7-6-19(24)16-36-10-2-3-21(31)17-36)35-26(38)20-11-18(13-32-14-20)5-8-23-15-33-25-4-1-9-34-37(23)25/h1,4,6-7,9,11-15,21H,2-3,10,16-17,31H2,(H,35,38)/t21-/m0/s1. The van der Waals surface area contributed by atoms with Crippen LogP contribution in [0.2, 0.25) is 0 Å². The van der Waals surface area contributed by atoms with E-state index in [2.05, 4.69) is 32.2 Å². The molecule has 1 saturated heterocycles. The Kier molecular flexibility index (Phi) is 7.09. The van der Waals surface area contributed by atoms with Crippen LogP contribution in [0.5, 0.6) is 0 Å². The number of carbonyl (C=O) groups excluding carboxylic acids is 1. The number of nitrogens with two attached hydrogens (primary N) is 1. The number of anilines is 1. The van der Waals surface area contributed by atoms with E-state index in [9.17, 15) is 18.0 Å². The maximum absolute atomic E-state index is 13.9. The monoisotopic (exact) mass is 519 g/mol. The SMILES string of the molecule is N[C@H]1CCCN(Cc2ccc(NC(=O)c3cncc(C#Cc4cnc5cccnn45)c3)cc2C(F)(F)F)C1. The second-order valence-corrected chi connectivity index (χ2v) is 9.11. The summed E-state index contributed by atoms with van der Waals surface area (Å²) in [6.45, 7) is 1.39. The summed E-state index contributed by atoms with van der Waals surface area (Å²) in [6, 6.07) is 8.88. The largest absolute Gasteiger partial charge is 0.416 e. The van der Waals surface area contributed by atoms with Crippen LogP contribution in [0.4, 0.5) is 18.9 Å². The molecule has 1 fully saturated rings. The fourth-order valence-corrected chi connectivity index (χ4v) is 4.42. The van der Waals surface area contributed by atoms with Gasteiger partial charge in [0.05, 0.1) is 17.3 Å². The second kappa shape index (κ2) is 10.6. The molecule has 1 amide bonds. The minimum atomic E-state index is -4.57. The molecular weight excluding hydrogens is 495 g/mol. The van der Waals surface area contributed by atoms with Gasteiger partial charge in [0.25, 0.3) is 5.91 Å². The first-order valence-electron chi connectivity index (χ1n) is 12.0. The lowest BCUT2D eigenvalue weighted by molar-refractivity contribution is -0.138. The minimum Gasteiger partial charge on any atom is -0.327 e. The lowest BCUT2D eigenvalue weighted by Crippen LogP contribution is -2.42. The Morgan fingerprint density at radius 3 is 2.84 bits per heavy atom. The average Bonchev–Trinajstić information content (AvgIpc) is 3.31. The third kappa shape index (κ3) is 5.82. The van der Waals surface area contributed by atoms with E-state index < -0.39 is 17.6 Å². The Morgan fingerprint density at radius 2 is 2.03 bits per heavy atom. The smallest absolute Gasteiger partial charge is 0.327 e. The predicted molar refractivity (Wildman–Crippen MR) is 135 cm³/mol. The van der Waals surface area contributed by atoms with Crippen molar-refractivity contribution in [3.63, 3.8) is 0 Å². The van der Waals surface area contributed by atoms with Crippen LogP contribution >= 0.6 is 0 Å². The molecule has 1 atom stereocenters. The molecule has 194 valence electrons. The molecule has 0 aliphatic carbocycles. The van der Waals surface area contributed by atoms with Crippen LogP contribution in [0.25, 0.3) is 5.65 Å². The first-order valence-corrected chi connectivity index (χ1v) is 12.0. The molecule has 0 bridgehead atoms. The van der Waals surface area contributed by atoms with Crippen molar-refractivity contribution in [2.24, 2.45) is 5.73 Å². The third-order valence-electron chi connectivity index (χ3n) is 6.22. The normalized spacial score (nSPS) is 16.2. The van der Waals surface area contributed by atoms with Gasteiger partial charge in [0.2, 0.25) is 0 Å². The van der Waals surface area contributed by atoms with Gasteiger partial charge in [-0.05, 0) is 61.2 Å². The number of amides is 1. The number of benzene rings is 1. The van der Waals surface area contributed by atoms with Crippen LogP contribution in [0.15, 0.2) is 61.2 Å². The van der Waals surface area contributed by atoms with E-state index in [1.54, 1.807) is 29.0 Å². The van der Waals surface area contributed by atoms with Gasteiger partial charge >= 0.3 is 6.18 Å². The molecule has 1 aliphatic heterocycles. The van der Waals surface area contributed by atoms with Crippen molar-refractivity contribution in [2.45, 2.75) is 31.6 Å². The molecule has 4 aromatic rings. The first kappa shape index (κ1) is 25.4. The average molecular weight is 520 g/mol. The van der Waals surface area contributed by atoms with E-state index in [1.807, 2.05) is 4.90 Å². The van der Waals surface area contributed by atoms with Crippen LogP contribution in [0.3, 0.4) is 0 Å². The number of carbonyl (C=O) groups is 1. The molecule has 1 aromatic carbocycles. The zero-order valence-corrected chi connectivity index (χ0v) is 20.2. The van der Waals surface area contributed by atoms with E-state index in [4.69, 9.17) is 5.73 Å². The Bertz CT molecular complexity index is 1540. The van der Waals surface area contributed by atoms with Gasteiger partial charge in [-0.25, -0.2) is 9.50 Å². The maximum atomic E-state index is 13.9. The highest BCUT2D eigenvalue weighted by atomic mass is 19.4. The van der Waals surface area contributed by atoms with E-state index in [1.165, 1.54) is 30.6 Å². The van der Waals surface area contributed by atoms with E-state index in [0.717, 1.165) is 18.9 Å². The van der Waals surface area contributed by atoms with E-state index in [-0.39, 0.29) is 29.4 Å². The highest BCUT2D eigenvalue weighted by Crippen LogP contribution is 2.35. The molecule has 38 heavy (non-hydrogen) atoms. The summed E-state index contributed by atoms with van der Waals surface area (Å²) in [5.41, 5.74) is 7.19. The lowest BCUT2D eigenvalue weighted by Gasteiger charge is -2.31. The van der Waals surface area contributed by atoms with Gasteiger partial charge in [0, 0.05) is 49.0 Å². The van der Waals surface area contributed by atoms with E-state index >= 15 is 0 Å². The van der Waals surface area contributed by atoms with Crippen LogP contribution in [0.1, 0.15) is 45.6 Å². The van der Waals surface area contributed by atoms with Crippen LogP contribution in [0, 0.1) is 11.8 Å². The zero-order valence-electron chi connectivity index (χ0n) is 20.2. The van der Waals surface area contributed by atoms with E-state index in [0.29, 0.717) is 30.0 Å². The topological polar surface area (TPSA) is 101 Å². The number of imidazole rings is 1. The van der Waals surface area contributed by atoms with Crippen LogP contribution in [-0.4, -0.2) is 49.5 Å². The first-order chi connectivity index (χ1) is 18.3. The lowest BCUT2D eigenvalue weighted by atomic mass is 10.0. The maximum Gasteiger partial charge on any atom is 0.416 e. The summed E-state index contributed by atoms with van der Waals surface area (Å²) in [6.07, 6.45) is 3.17. The number of halogens is 3. The van der Waals surface area contributed by atoms with Crippen molar-refractivity contribution in [1.29, 1.82) is 0 Å². The summed E-state index contributed by atoms with van der Waals surface area (Å²) < 4.78 is 43.2. The summed E-state index contributed by atoms with van der Waals surface area (Å²) >= 11 is 0. The minimum absolute atomic E-state index is 0.0368. The summed E-state index contributed by atoms with van der Waals surface area (Å²) in [5, 5.41) is 6.74. The molecular formula is C27H24F3N7O. The number of fused-ring (bicyclic) bond motifs is 1. The van der Waals surface area contributed by atoms with Crippen molar-refractivity contribution in [3.05, 3.63) is 89.1 Å². The van der Waals surface area contributed by atoms with Gasteiger partial charge in [0.1, 0.15) is 5.69 Å². The summed E-state index contributed by atoms with van der Waals surface area (Å²) in [4.78, 5) is 23.0. The third-order valence-corrected chi connectivity index (χ3v) is 6.22. The highest BCUT2D eigenvalue weighted by Gasteiger charge is 2.34. The fourth-order valence-electron chi connectivity index (χ4n) is 4.42. The van der Waals surface area contributed by atoms with Gasteiger partial charge in [-0.2, -0.15) is 18.3 Å². The zero-order chi connectivity index (χ0) is 26.7. The van der Waals surface area contributed by atoms with Crippen molar-refractivity contribution in [3.8, 4) is 11.8 Å². The van der Waals surface area contributed by atoms with Gasteiger partial charge in [-0.1, -0.05) is 12.0 Å². The van der Waals surface area contributed by atoms with Gasteiger partial charge in [0.15, 0.2) is 5.65 Å². The number of rotatable bonds is 4. The molecule has 0 saturated carbocycles. The van der Waals surface area contributed by atoms with Crippen molar-refractivity contribution in [2.75, 3.05) is 18.4 Å². The number of alkyl halides is 3. The highest BCUT2D eigenvalue weighted by molar-refractivity contribution is 6.04. The Labute approximate surface area is 216 Å². The predicted octanol–water partition coefficient (Wildman–Crippen LogP) is 3.72. The van der Waals surface area contributed by atoms with Crippen molar-refractivity contribution >= 4 is 17.2 Å². The number of piperidine rings is 1. The van der Waals surface area contributed by atoms with Gasteiger partial charge < -0.3 is 11.1 Å².